The van der Waals surface area contributed by atoms with Gasteiger partial charge in [-0.1, -0.05) is 28.1 Å². The SMILES string of the molecule is COc1ccccc1C1=[N+]([O-])c2ccc(Br)cc2C1=O. The van der Waals surface area contributed by atoms with E-state index in [1.54, 1.807) is 42.5 Å². The van der Waals surface area contributed by atoms with E-state index in [4.69, 9.17) is 4.74 Å². The number of Topliss-reactive ketones (excluding diaryl/α,β-unsaturated/α-hetero) is 1. The van der Waals surface area contributed by atoms with Gasteiger partial charge in [-0.2, -0.15) is 4.74 Å². The fourth-order valence-electron chi connectivity index (χ4n) is 2.28. The second-order valence-corrected chi connectivity index (χ2v) is 5.25. The van der Waals surface area contributed by atoms with Crippen LogP contribution in [0.25, 0.3) is 0 Å². The molecule has 0 amide bonds. The van der Waals surface area contributed by atoms with E-state index in [0.717, 1.165) is 4.47 Å². The van der Waals surface area contributed by atoms with Crippen LogP contribution in [0.2, 0.25) is 0 Å². The van der Waals surface area contributed by atoms with E-state index in [0.29, 0.717) is 27.3 Å². The van der Waals surface area contributed by atoms with Crippen LogP contribution in [0.4, 0.5) is 5.69 Å². The van der Waals surface area contributed by atoms with Crippen LogP contribution in [0.3, 0.4) is 0 Å². The fraction of sp³-hybridized carbons (Fsp3) is 0.0667. The van der Waals surface area contributed by atoms with Gasteiger partial charge in [-0.3, -0.25) is 4.79 Å². The van der Waals surface area contributed by atoms with E-state index < -0.39 is 0 Å². The van der Waals surface area contributed by atoms with Crippen molar-refractivity contribution in [3.63, 3.8) is 0 Å². The molecule has 100 valence electrons. The first-order valence-corrected chi connectivity index (χ1v) is 6.74. The highest BCUT2D eigenvalue weighted by Gasteiger charge is 2.38. The van der Waals surface area contributed by atoms with Gasteiger partial charge in [0.15, 0.2) is 0 Å². The Morgan fingerprint density at radius 2 is 1.90 bits per heavy atom. The normalized spacial score (nSPS) is 13.6. The highest BCUT2D eigenvalue weighted by atomic mass is 79.9. The summed E-state index contributed by atoms with van der Waals surface area (Å²) in [5, 5.41) is 12.4. The van der Waals surface area contributed by atoms with Crippen LogP contribution in [0.5, 0.6) is 5.75 Å². The molecular formula is C15H10BrNO3. The third-order valence-electron chi connectivity index (χ3n) is 3.20. The van der Waals surface area contributed by atoms with Gasteiger partial charge >= 0.3 is 0 Å². The Morgan fingerprint density at radius 3 is 2.65 bits per heavy atom. The van der Waals surface area contributed by atoms with Crippen molar-refractivity contribution in [3.8, 4) is 5.75 Å². The zero-order valence-corrected chi connectivity index (χ0v) is 12.2. The number of rotatable bonds is 2. The van der Waals surface area contributed by atoms with Gasteiger partial charge in [0, 0.05) is 10.5 Å². The van der Waals surface area contributed by atoms with E-state index in [1.807, 2.05) is 0 Å². The Balaban J connectivity index is 2.22. The van der Waals surface area contributed by atoms with Crippen molar-refractivity contribution in [3.05, 3.63) is 63.3 Å². The lowest BCUT2D eigenvalue weighted by atomic mass is 10.0. The summed E-state index contributed by atoms with van der Waals surface area (Å²) in [5.74, 6) is 0.212. The molecule has 5 heteroatoms. The van der Waals surface area contributed by atoms with E-state index in [1.165, 1.54) is 7.11 Å². The third-order valence-corrected chi connectivity index (χ3v) is 3.70. The quantitative estimate of drug-likeness (QED) is 0.626. The lowest BCUT2D eigenvalue weighted by Crippen LogP contribution is -2.17. The predicted octanol–water partition coefficient (Wildman–Crippen LogP) is 3.29. The van der Waals surface area contributed by atoms with Crippen LogP contribution >= 0.6 is 15.9 Å². The molecule has 0 atom stereocenters. The van der Waals surface area contributed by atoms with Gasteiger partial charge in [0.05, 0.1) is 12.7 Å². The van der Waals surface area contributed by atoms with Gasteiger partial charge in [0.25, 0.3) is 11.5 Å². The van der Waals surface area contributed by atoms with Crippen LogP contribution < -0.4 is 4.74 Å². The first-order chi connectivity index (χ1) is 9.63. The number of halogens is 1. The first-order valence-electron chi connectivity index (χ1n) is 5.95. The largest absolute Gasteiger partial charge is 0.618 e. The molecule has 1 aliphatic heterocycles. The number of ether oxygens (including phenoxy) is 1. The molecule has 20 heavy (non-hydrogen) atoms. The minimum absolute atomic E-state index is 0.0931. The monoisotopic (exact) mass is 331 g/mol. The molecule has 2 aromatic rings. The Labute approximate surface area is 124 Å². The number of hydrogen-bond donors (Lipinski definition) is 0. The number of benzene rings is 2. The molecule has 0 fully saturated rings. The molecule has 2 aromatic carbocycles. The maximum absolute atomic E-state index is 12.5. The number of hydrogen-bond acceptors (Lipinski definition) is 3. The van der Waals surface area contributed by atoms with Gasteiger partial charge in [0.1, 0.15) is 11.3 Å². The first kappa shape index (κ1) is 12.9. The van der Waals surface area contributed by atoms with E-state index >= 15 is 0 Å². The molecule has 0 aliphatic carbocycles. The summed E-state index contributed by atoms with van der Waals surface area (Å²) in [7, 11) is 1.51. The molecule has 0 saturated carbocycles. The maximum atomic E-state index is 12.5. The van der Waals surface area contributed by atoms with Crippen molar-refractivity contribution >= 4 is 33.1 Å². The van der Waals surface area contributed by atoms with Gasteiger partial charge in [0.2, 0.25) is 5.69 Å². The number of fused-ring (bicyclic) bond motifs is 1. The fourth-order valence-corrected chi connectivity index (χ4v) is 2.64. The zero-order chi connectivity index (χ0) is 14.3. The Bertz CT molecular complexity index is 753. The van der Waals surface area contributed by atoms with Crippen LogP contribution in [-0.4, -0.2) is 23.3 Å². The summed E-state index contributed by atoms with van der Waals surface area (Å²) in [6.45, 7) is 0. The molecule has 0 N–H and O–H groups in total. The van der Waals surface area contributed by atoms with Crippen LogP contribution in [0.15, 0.2) is 46.9 Å². The highest BCUT2D eigenvalue weighted by Crippen LogP contribution is 2.32. The summed E-state index contributed by atoms with van der Waals surface area (Å²) in [6, 6.07) is 12.0. The Morgan fingerprint density at radius 1 is 1.15 bits per heavy atom. The summed E-state index contributed by atoms with van der Waals surface area (Å²) in [5.41, 5.74) is 1.35. The van der Waals surface area contributed by atoms with E-state index in [-0.39, 0.29) is 11.5 Å². The molecular weight excluding hydrogens is 322 g/mol. The van der Waals surface area contributed by atoms with Crippen molar-refractivity contribution in [1.82, 2.24) is 0 Å². The van der Waals surface area contributed by atoms with E-state index in [2.05, 4.69) is 15.9 Å². The minimum Gasteiger partial charge on any atom is -0.618 e. The number of carbonyl (C=O) groups excluding carboxylic acids is 1. The van der Waals surface area contributed by atoms with Gasteiger partial charge < -0.3 is 9.94 Å². The van der Waals surface area contributed by atoms with Crippen molar-refractivity contribution in [2.24, 2.45) is 0 Å². The zero-order valence-electron chi connectivity index (χ0n) is 10.6. The van der Waals surface area contributed by atoms with Crippen molar-refractivity contribution in [1.29, 1.82) is 0 Å². The minimum atomic E-state index is -0.291. The number of nitrogens with zero attached hydrogens (tertiary/aromatic N) is 1. The second kappa shape index (κ2) is 4.76. The molecule has 1 aliphatic rings. The molecule has 1 heterocycles. The molecule has 0 radical (unpaired) electrons. The van der Waals surface area contributed by atoms with Crippen molar-refractivity contribution in [2.45, 2.75) is 0 Å². The average molecular weight is 332 g/mol. The number of ketones is 1. The maximum Gasteiger partial charge on any atom is 0.276 e. The summed E-state index contributed by atoms with van der Waals surface area (Å²) in [4.78, 5) is 12.5. The predicted molar refractivity (Wildman–Crippen MR) is 78.9 cm³/mol. The van der Waals surface area contributed by atoms with Crippen molar-refractivity contribution < 1.29 is 14.3 Å². The molecule has 0 spiro atoms. The van der Waals surface area contributed by atoms with Crippen LogP contribution in [0, 0.1) is 5.21 Å². The lowest BCUT2D eigenvalue weighted by molar-refractivity contribution is -0.355. The highest BCUT2D eigenvalue weighted by molar-refractivity contribution is 9.10. The van der Waals surface area contributed by atoms with Gasteiger partial charge in [-0.25, -0.2) is 0 Å². The van der Waals surface area contributed by atoms with Crippen LogP contribution in [-0.2, 0) is 0 Å². The summed E-state index contributed by atoms with van der Waals surface area (Å²) >= 11 is 3.31. The molecule has 0 aromatic heterocycles. The lowest BCUT2D eigenvalue weighted by Gasteiger charge is -2.06. The number of methoxy groups -OCH3 is 1. The average Bonchev–Trinajstić information content (AvgIpc) is 2.70. The van der Waals surface area contributed by atoms with Gasteiger partial charge in [-0.15, -0.1) is 0 Å². The van der Waals surface area contributed by atoms with E-state index in [9.17, 15) is 10.0 Å². The number of para-hydroxylation sites is 1. The molecule has 4 nitrogen and oxygen atoms in total. The molecule has 0 bridgehead atoms. The Kier molecular flexibility index (Phi) is 3.06. The van der Waals surface area contributed by atoms with Crippen LogP contribution in [0.1, 0.15) is 15.9 Å². The third kappa shape index (κ3) is 1.82. The Hall–Kier alpha value is -2.14. The molecule has 0 saturated heterocycles. The van der Waals surface area contributed by atoms with Gasteiger partial charge in [-0.05, 0) is 24.3 Å². The molecule has 0 unspecified atom stereocenters. The molecule has 3 rings (SSSR count). The standard InChI is InChI=1S/C15H10BrNO3/c1-20-13-5-3-2-4-10(13)14-15(18)11-8-9(16)6-7-12(11)17(14)19/h2-8H,1H3. The smallest absolute Gasteiger partial charge is 0.276 e. The second-order valence-electron chi connectivity index (χ2n) is 4.33. The van der Waals surface area contributed by atoms with Crippen molar-refractivity contribution in [2.75, 3.05) is 7.11 Å². The summed E-state index contributed by atoms with van der Waals surface area (Å²) < 4.78 is 6.66. The topological polar surface area (TPSA) is 52.4 Å². The summed E-state index contributed by atoms with van der Waals surface area (Å²) in [6.07, 6.45) is 0. The number of carbonyl (C=O) groups is 1.